The van der Waals surface area contributed by atoms with Crippen LogP contribution >= 0.6 is 8.96 Å². The number of aliphatic hydroxyl groups excluding tert-OH is 1. The highest BCUT2D eigenvalue weighted by molar-refractivity contribution is 7.32. The minimum atomic E-state index is -0.814. The number of nitrogens with one attached hydrogen (secondary N) is 1. The second-order valence-electron chi connectivity index (χ2n) is 6.79. The molecule has 1 unspecified atom stereocenters. The molecule has 2 heterocycles. The first-order valence-electron chi connectivity index (χ1n) is 8.58. The zero-order valence-electron chi connectivity index (χ0n) is 15.2. The lowest BCUT2D eigenvalue weighted by atomic mass is 9.77. The molecule has 1 saturated heterocycles. The van der Waals surface area contributed by atoms with Crippen molar-refractivity contribution in [1.82, 2.24) is 9.90 Å². The van der Waals surface area contributed by atoms with Crippen LogP contribution in [0.1, 0.15) is 36.7 Å². The van der Waals surface area contributed by atoms with Gasteiger partial charge in [-0.05, 0) is 25.0 Å². The molecule has 1 aromatic carbocycles. The van der Waals surface area contributed by atoms with Crippen molar-refractivity contribution in [2.45, 2.75) is 32.9 Å². The molecule has 0 spiro atoms. The third-order valence-electron chi connectivity index (χ3n) is 5.17. The quantitative estimate of drug-likeness (QED) is 0.330. The van der Waals surface area contributed by atoms with Crippen molar-refractivity contribution < 1.29 is 24.0 Å². The van der Waals surface area contributed by atoms with Gasteiger partial charge in [0.2, 0.25) is 5.91 Å². The molecule has 0 bridgehead atoms. The van der Waals surface area contributed by atoms with Crippen LogP contribution in [0, 0.1) is 11.8 Å². The number of fused-ring (bicyclic) bond motifs is 1. The van der Waals surface area contributed by atoms with Gasteiger partial charge in [0.05, 0.1) is 18.1 Å². The fraction of sp³-hybridized carbons (Fsp3) is 0.389. The molecule has 0 saturated carbocycles. The van der Waals surface area contributed by atoms with Crippen molar-refractivity contribution in [3.63, 3.8) is 0 Å². The van der Waals surface area contributed by atoms with E-state index in [2.05, 4.69) is 5.00 Å². The Labute approximate surface area is 160 Å². The molecule has 5 atom stereocenters. The Kier molecular flexibility index (Phi) is 5.51. The van der Waals surface area contributed by atoms with E-state index in [1.807, 2.05) is 6.92 Å². The molecule has 3 rings (SSSR count). The minimum Gasteiger partial charge on any atom is -0.428 e. The molecule has 2 aliphatic heterocycles. The zero-order valence-corrected chi connectivity index (χ0v) is 16.2. The highest BCUT2D eigenvalue weighted by atomic mass is 31.1. The molecular weight excluding hydrogens is 366 g/mol. The van der Waals surface area contributed by atoms with Crippen LogP contribution in [0.5, 0.6) is 0 Å². The molecule has 2 N–H and O–H groups in total. The maximum absolute atomic E-state index is 12.6. The molecule has 2 aliphatic rings. The summed E-state index contributed by atoms with van der Waals surface area (Å²) in [6, 6.07) is 6.58. The first-order valence-corrected chi connectivity index (χ1v) is 9.48. The Hall–Kier alpha value is -2.02. The molecule has 140 valence electrons. The first kappa shape index (κ1) is 19.7. The molecule has 1 fully saturated rings. The number of Topliss-reactive ketones (excluding diaryl/α,β-unsaturated/α-hetero) is 1. The van der Waals surface area contributed by atoms with Crippen molar-refractivity contribution in [3.05, 3.63) is 41.1 Å². The standard InChI is InChI=1S/C18H20BN2O5P/c1-8-13(12-6-4-11(5-7-12)9(2)22)16(18(25)26-27-20-19)21-15(8)14(10(3)23)17(21)24/h4-8,10,14-15,20,23,27H,1-3H3/t8-,10+,14+,15+/m0/s1. The summed E-state index contributed by atoms with van der Waals surface area (Å²) in [7, 11) is 4.74. The third-order valence-corrected chi connectivity index (χ3v) is 5.58. The number of nitrogens with zero attached hydrogens (tertiary/aromatic N) is 1. The van der Waals surface area contributed by atoms with Gasteiger partial charge < -0.3 is 19.5 Å². The predicted octanol–water partition coefficient (Wildman–Crippen LogP) is 1.18. The van der Waals surface area contributed by atoms with Crippen molar-refractivity contribution in [2.75, 3.05) is 0 Å². The van der Waals surface area contributed by atoms with Crippen LogP contribution in [0.2, 0.25) is 0 Å². The number of ketones is 1. The molecule has 9 heteroatoms. The van der Waals surface area contributed by atoms with E-state index in [1.54, 1.807) is 31.2 Å². The van der Waals surface area contributed by atoms with Gasteiger partial charge >= 0.3 is 5.97 Å². The summed E-state index contributed by atoms with van der Waals surface area (Å²) in [4.78, 5) is 40.4. The summed E-state index contributed by atoms with van der Waals surface area (Å²) >= 11 is 0. The second kappa shape index (κ2) is 7.54. The fourth-order valence-corrected chi connectivity index (χ4v) is 4.20. The summed E-state index contributed by atoms with van der Waals surface area (Å²) in [5.74, 6) is -1.75. The van der Waals surface area contributed by atoms with E-state index < -0.39 is 26.9 Å². The van der Waals surface area contributed by atoms with Crippen molar-refractivity contribution in [3.8, 4) is 0 Å². The van der Waals surface area contributed by atoms with Gasteiger partial charge in [-0.25, -0.2) is 4.79 Å². The van der Waals surface area contributed by atoms with Crippen molar-refractivity contribution in [2.24, 2.45) is 11.8 Å². The van der Waals surface area contributed by atoms with Gasteiger partial charge in [-0.3, -0.25) is 9.59 Å². The normalized spacial score (nSPS) is 25.6. The Morgan fingerprint density at radius 1 is 1.33 bits per heavy atom. The first-order chi connectivity index (χ1) is 12.8. The average Bonchev–Trinajstić information content (AvgIpc) is 2.88. The number of hydrogen-bond acceptors (Lipinski definition) is 6. The van der Waals surface area contributed by atoms with Crippen LogP contribution in [0.25, 0.3) is 5.57 Å². The summed E-state index contributed by atoms with van der Waals surface area (Å²) in [5.41, 5.74) is 2.13. The van der Waals surface area contributed by atoms with Crippen LogP contribution in [0.3, 0.4) is 0 Å². The van der Waals surface area contributed by atoms with E-state index in [9.17, 15) is 19.5 Å². The number of amides is 1. The van der Waals surface area contributed by atoms with Gasteiger partial charge in [-0.15, -0.1) is 0 Å². The van der Waals surface area contributed by atoms with Gasteiger partial charge in [0.1, 0.15) is 14.7 Å². The van der Waals surface area contributed by atoms with E-state index in [-0.39, 0.29) is 29.3 Å². The number of carbonyl (C=O) groups is 3. The Morgan fingerprint density at radius 3 is 2.48 bits per heavy atom. The Bertz CT molecular complexity index is 824. The summed E-state index contributed by atoms with van der Waals surface area (Å²) in [5, 5.41) is 9.98. The minimum absolute atomic E-state index is 0.0574. The predicted molar refractivity (Wildman–Crippen MR) is 102 cm³/mol. The van der Waals surface area contributed by atoms with Crippen LogP contribution in [0.15, 0.2) is 30.0 Å². The van der Waals surface area contributed by atoms with Crippen molar-refractivity contribution in [1.29, 1.82) is 0 Å². The van der Waals surface area contributed by atoms with E-state index in [4.69, 9.17) is 12.5 Å². The lowest BCUT2D eigenvalue weighted by molar-refractivity contribution is -0.162. The Balaban J connectivity index is 2.05. The molecular formula is C18H20BN2O5P. The second-order valence-corrected chi connectivity index (χ2v) is 7.48. The van der Waals surface area contributed by atoms with E-state index in [0.717, 1.165) is 5.56 Å². The maximum Gasteiger partial charge on any atom is 0.359 e. The summed E-state index contributed by atoms with van der Waals surface area (Å²) < 4.78 is 5.12. The topological polar surface area (TPSA) is 95.9 Å². The number of hydrogen-bond donors (Lipinski definition) is 2. The van der Waals surface area contributed by atoms with Crippen LogP contribution < -0.4 is 5.00 Å². The van der Waals surface area contributed by atoms with Gasteiger partial charge in [-0.1, -0.05) is 31.2 Å². The number of aliphatic hydroxyl groups is 1. The van der Waals surface area contributed by atoms with Gasteiger partial charge in [0.25, 0.3) is 0 Å². The highest BCUT2D eigenvalue weighted by Crippen LogP contribution is 2.50. The average molecular weight is 386 g/mol. The zero-order chi connectivity index (χ0) is 19.9. The van der Waals surface area contributed by atoms with Crippen LogP contribution in [-0.4, -0.2) is 47.8 Å². The molecule has 0 aliphatic carbocycles. The van der Waals surface area contributed by atoms with E-state index >= 15 is 0 Å². The monoisotopic (exact) mass is 386 g/mol. The number of carbonyl (C=O) groups excluding carboxylic acids is 3. The lowest BCUT2D eigenvalue weighted by Crippen LogP contribution is -2.63. The molecule has 1 aromatic rings. The molecule has 2 radical (unpaired) electrons. The fourth-order valence-electron chi connectivity index (χ4n) is 3.95. The van der Waals surface area contributed by atoms with Gasteiger partial charge in [0, 0.05) is 11.5 Å². The molecule has 0 aromatic heterocycles. The molecule has 1 amide bonds. The van der Waals surface area contributed by atoms with Crippen molar-refractivity contribution >= 4 is 40.2 Å². The third kappa shape index (κ3) is 3.22. The summed E-state index contributed by atoms with van der Waals surface area (Å²) in [6.45, 7) is 4.97. The Morgan fingerprint density at radius 2 is 1.96 bits per heavy atom. The molecule has 27 heavy (non-hydrogen) atoms. The van der Waals surface area contributed by atoms with Gasteiger partial charge in [0.15, 0.2) is 13.8 Å². The SMILES string of the molecule is [B]NPOC(=O)C1=C(c2ccc(C(C)=O)cc2)[C@H](C)[C@@H]2[C@@H]([C@@H](C)O)C(=O)N12. The maximum atomic E-state index is 12.6. The number of benzene rings is 1. The molecule has 7 nitrogen and oxygen atoms in total. The largest absolute Gasteiger partial charge is 0.428 e. The van der Waals surface area contributed by atoms with E-state index in [1.165, 1.54) is 11.8 Å². The van der Waals surface area contributed by atoms with Crippen LogP contribution in [0.4, 0.5) is 0 Å². The van der Waals surface area contributed by atoms with E-state index in [0.29, 0.717) is 11.1 Å². The number of β-lactam (4-membered cyclic amide) rings is 1. The smallest absolute Gasteiger partial charge is 0.359 e. The van der Waals surface area contributed by atoms with Gasteiger partial charge in [-0.2, -0.15) is 0 Å². The lowest BCUT2D eigenvalue weighted by Gasteiger charge is -2.46. The number of rotatable bonds is 6. The highest BCUT2D eigenvalue weighted by Gasteiger charge is 2.60. The summed E-state index contributed by atoms with van der Waals surface area (Å²) in [6.07, 6.45) is -0.814. The van der Waals surface area contributed by atoms with Crippen LogP contribution in [-0.2, 0) is 14.1 Å².